The van der Waals surface area contributed by atoms with Crippen molar-refractivity contribution in [2.24, 2.45) is 5.92 Å². The molecular formula is C30H34N4O5S. The number of hydrogen-bond acceptors (Lipinski definition) is 6. The van der Waals surface area contributed by atoms with Gasteiger partial charge in [-0.1, -0.05) is 30.3 Å². The summed E-state index contributed by atoms with van der Waals surface area (Å²) in [6, 6.07) is 21.5. The monoisotopic (exact) mass is 562 g/mol. The fourth-order valence-corrected chi connectivity index (χ4v) is 6.52. The normalized spacial score (nSPS) is 17.2. The van der Waals surface area contributed by atoms with Crippen LogP contribution in [0.4, 0.5) is 17.1 Å². The number of anilines is 3. The molecule has 3 aromatic carbocycles. The SMILES string of the molecule is COc1ccc(NS(=O)(=O)c2cc(NC(=O)[C@H]3CC(=O)N(CCc4ccccc4)C3)ccc2N2CCCC2)cc1. The Labute approximate surface area is 235 Å². The predicted octanol–water partition coefficient (Wildman–Crippen LogP) is 4.13. The minimum Gasteiger partial charge on any atom is -0.497 e. The van der Waals surface area contributed by atoms with Crippen molar-refractivity contribution < 1.29 is 22.7 Å². The molecular weight excluding hydrogens is 528 g/mol. The van der Waals surface area contributed by atoms with Gasteiger partial charge in [0.25, 0.3) is 10.0 Å². The first kappa shape index (κ1) is 27.5. The molecule has 0 aromatic heterocycles. The van der Waals surface area contributed by atoms with Crippen LogP contribution in [-0.4, -0.2) is 58.4 Å². The van der Waals surface area contributed by atoms with Gasteiger partial charge in [-0.3, -0.25) is 14.3 Å². The highest BCUT2D eigenvalue weighted by Gasteiger charge is 2.34. The number of nitrogens with zero attached hydrogens (tertiary/aromatic N) is 2. The minimum absolute atomic E-state index is 0.0487. The summed E-state index contributed by atoms with van der Waals surface area (Å²) < 4.78 is 35.0. The van der Waals surface area contributed by atoms with Gasteiger partial charge in [-0.05, 0) is 67.3 Å². The fourth-order valence-electron chi connectivity index (χ4n) is 5.21. The van der Waals surface area contributed by atoms with E-state index in [1.807, 2.05) is 30.3 Å². The fraction of sp³-hybridized carbons (Fsp3) is 0.333. The molecule has 2 heterocycles. The molecule has 2 aliphatic heterocycles. The van der Waals surface area contributed by atoms with Crippen molar-refractivity contribution in [2.45, 2.75) is 30.6 Å². The highest BCUT2D eigenvalue weighted by atomic mass is 32.2. The summed E-state index contributed by atoms with van der Waals surface area (Å²) in [5, 5.41) is 2.86. The Bertz CT molecular complexity index is 1460. The van der Waals surface area contributed by atoms with E-state index in [1.54, 1.807) is 48.4 Å². The Kier molecular flexibility index (Phi) is 8.25. The van der Waals surface area contributed by atoms with Gasteiger partial charge in [0.1, 0.15) is 10.6 Å². The number of ether oxygens (including phenoxy) is 1. The van der Waals surface area contributed by atoms with Gasteiger partial charge >= 0.3 is 0 Å². The first-order valence-corrected chi connectivity index (χ1v) is 15.0. The van der Waals surface area contributed by atoms with Crippen LogP contribution in [0.2, 0.25) is 0 Å². The summed E-state index contributed by atoms with van der Waals surface area (Å²) in [6.07, 6.45) is 2.83. The Hall–Kier alpha value is -4.05. The van der Waals surface area contributed by atoms with E-state index < -0.39 is 15.9 Å². The number of benzene rings is 3. The summed E-state index contributed by atoms with van der Waals surface area (Å²) in [5.74, 6) is -0.225. The molecule has 3 aromatic rings. The van der Waals surface area contributed by atoms with Crippen LogP contribution >= 0.6 is 0 Å². The van der Waals surface area contributed by atoms with E-state index in [0.717, 1.165) is 37.9 Å². The summed E-state index contributed by atoms with van der Waals surface area (Å²) in [4.78, 5) is 29.6. The molecule has 2 amide bonds. The number of amides is 2. The first-order valence-electron chi connectivity index (χ1n) is 13.5. The number of hydrogen-bond donors (Lipinski definition) is 2. The quantitative estimate of drug-likeness (QED) is 0.385. The second-order valence-corrected chi connectivity index (χ2v) is 11.8. The van der Waals surface area contributed by atoms with E-state index in [4.69, 9.17) is 4.74 Å². The van der Waals surface area contributed by atoms with Gasteiger partial charge < -0.3 is 19.9 Å². The van der Waals surface area contributed by atoms with Crippen molar-refractivity contribution in [2.75, 3.05) is 48.2 Å². The van der Waals surface area contributed by atoms with Gasteiger partial charge in [0, 0.05) is 44.0 Å². The van der Waals surface area contributed by atoms with Crippen molar-refractivity contribution in [3.8, 4) is 5.75 Å². The van der Waals surface area contributed by atoms with Gasteiger partial charge in [0.05, 0.1) is 18.7 Å². The number of methoxy groups -OCH3 is 1. The maximum absolute atomic E-state index is 13.6. The van der Waals surface area contributed by atoms with Crippen molar-refractivity contribution in [1.82, 2.24) is 4.90 Å². The maximum Gasteiger partial charge on any atom is 0.264 e. The number of nitrogens with one attached hydrogen (secondary N) is 2. The number of likely N-dealkylation sites (tertiary alicyclic amines) is 1. The predicted molar refractivity (Wildman–Crippen MR) is 155 cm³/mol. The average Bonchev–Trinajstić information content (AvgIpc) is 3.63. The van der Waals surface area contributed by atoms with Crippen molar-refractivity contribution in [3.05, 3.63) is 78.4 Å². The third-order valence-corrected chi connectivity index (χ3v) is 8.81. The zero-order valence-corrected chi connectivity index (χ0v) is 23.3. The lowest BCUT2D eigenvalue weighted by atomic mass is 10.1. The molecule has 0 saturated carbocycles. The topological polar surface area (TPSA) is 108 Å². The molecule has 210 valence electrons. The van der Waals surface area contributed by atoms with Crippen LogP contribution in [-0.2, 0) is 26.0 Å². The van der Waals surface area contributed by atoms with Gasteiger partial charge in [0.15, 0.2) is 0 Å². The van der Waals surface area contributed by atoms with Crippen molar-refractivity contribution >= 4 is 38.9 Å². The van der Waals surface area contributed by atoms with Crippen LogP contribution in [0, 0.1) is 5.92 Å². The molecule has 2 aliphatic rings. The second kappa shape index (κ2) is 12.0. The Balaban J connectivity index is 1.31. The Morgan fingerprint density at radius 1 is 0.975 bits per heavy atom. The maximum atomic E-state index is 13.6. The highest BCUT2D eigenvalue weighted by Crippen LogP contribution is 2.33. The molecule has 9 nitrogen and oxygen atoms in total. The number of carbonyl (C=O) groups excluding carboxylic acids is 2. The second-order valence-electron chi connectivity index (χ2n) is 10.2. The van der Waals surface area contributed by atoms with Crippen LogP contribution in [0.3, 0.4) is 0 Å². The molecule has 40 heavy (non-hydrogen) atoms. The van der Waals surface area contributed by atoms with E-state index in [0.29, 0.717) is 35.9 Å². The molecule has 0 radical (unpaired) electrons. The van der Waals surface area contributed by atoms with Crippen LogP contribution < -0.4 is 19.7 Å². The van der Waals surface area contributed by atoms with Crippen molar-refractivity contribution in [1.29, 1.82) is 0 Å². The number of carbonyl (C=O) groups is 2. The molecule has 2 N–H and O–H groups in total. The molecule has 5 rings (SSSR count). The Morgan fingerprint density at radius 3 is 2.38 bits per heavy atom. The summed E-state index contributed by atoms with van der Waals surface area (Å²) in [5.41, 5.74) is 2.51. The lowest BCUT2D eigenvalue weighted by Gasteiger charge is -2.23. The van der Waals surface area contributed by atoms with Gasteiger partial charge in [-0.2, -0.15) is 0 Å². The zero-order chi connectivity index (χ0) is 28.1. The molecule has 0 unspecified atom stereocenters. The molecule has 10 heteroatoms. The zero-order valence-electron chi connectivity index (χ0n) is 22.5. The molecule has 2 fully saturated rings. The van der Waals surface area contributed by atoms with Gasteiger partial charge in [-0.15, -0.1) is 0 Å². The van der Waals surface area contributed by atoms with E-state index in [1.165, 1.54) is 6.07 Å². The summed E-state index contributed by atoms with van der Waals surface area (Å²) in [6.45, 7) is 2.42. The average molecular weight is 563 g/mol. The van der Waals surface area contributed by atoms with Gasteiger partial charge in [0.2, 0.25) is 11.8 Å². The van der Waals surface area contributed by atoms with Crippen LogP contribution in [0.15, 0.2) is 77.7 Å². The van der Waals surface area contributed by atoms with E-state index in [-0.39, 0.29) is 23.1 Å². The third kappa shape index (κ3) is 6.39. The smallest absolute Gasteiger partial charge is 0.264 e. The van der Waals surface area contributed by atoms with Crippen LogP contribution in [0.1, 0.15) is 24.8 Å². The summed E-state index contributed by atoms with van der Waals surface area (Å²) in [7, 11) is -2.43. The van der Waals surface area contributed by atoms with Gasteiger partial charge in [-0.25, -0.2) is 8.42 Å². The van der Waals surface area contributed by atoms with E-state index >= 15 is 0 Å². The number of sulfonamides is 1. The molecule has 0 spiro atoms. The number of rotatable bonds is 10. The molecule has 2 saturated heterocycles. The minimum atomic E-state index is -3.98. The summed E-state index contributed by atoms with van der Waals surface area (Å²) >= 11 is 0. The van der Waals surface area contributed by atoms with Crippen LogP contribution in [0.25, 0.3) is 0 Å². The van der Waals surface area contributed by atoms with Crippen LogP contribution in [0.5, 0.6) is 5.75 Å². The lowest BCUT2D eigenvalue weighted by molar-refractivity contribution is -0.128. The molecule has 0 bridgehead atoms. The van der Waals surface area contributed by atoms with E-state index in [2.05, 4.69) is 14.9 Å². The van der Waals surface area contributed by atoms with E-state index in [9.17, 15) is 18.0 Å². The third-order valence-electron chi connectivity index (χ3n) is 7.40. The first-order chi connectivity index (χ1) is 19.3. The Morgan fingerprint density at radius 2 is 1.68 bits per heavy atom. The van der Waals surface area contributed by atoms with Crippen molar-refractivity contribution in [3.63, 3.8) is 0 Å². The molecule has 1 atom stereocenters. The largest absolute Gasteiger partial charge is 0.497 e. The lowest BCUT2D eigenvalue weighted by Crippen LogP contribution is -2.30. The molecule has 0 aliphatic carbocycles. The standard InChI is InChI=1S/C30H34N4O5S/c1-39-26-12-9-24(10-13-26)32-40(37,38)28-20-25(11-14-27(28)33-16-5-6-17-33)31-30(36)23-19-29(35)34(21-23)18-15-22-7-3-2-4-8-22/h2-4,7-14,20,23,32H,5-6,15-19,21H2,1H3,(H,31,36)/t23-/m0/s1. The highest BCUT2D eigenvalue weighted by molar-refractivity contribution is 7.92.